The maximum Gasteiger partial charge on any atom is 0.335 e. The van der Waals surface area contributed by atoms with Crippen molar-refractivity contribution in [2.24, 2.45) is 0 Å². The third-order valence-electron chi connectivity index (χ3n) is 1.89. The topological polar surface area (TPSA) is 37.3 Å². The predicted octanol–water partition coefficient (Wildman–Crippen LogP) is 1.68. The largest absolute Gasteiger partial charge is 0.507 e. The summed E-state index contributed by atoms with van der Waals surface area (Å²) in [6.45, 7) is 0. The maximum atomic E-state index is 12.6. The van der Waals surface area contributed by atoms with Crippen LogP contribution in [0.25, 0.3) is 0 Å². The average Bonchev–Trinajstić information content (AvgIpc) is 2.03. The molecule has 0 saturated heterocycles. The van der Waals surface area contributed by atoms with E-state index in [1.165, 1.54) is 12.1 Å². The molecule has 1 aromatic carbocycles. The molecule has 0 radical (unpaired) electrons. The van der Waals surface area contributed by atoms with Gasteiger partial charge in [0.25, 0.3) is 0 Å². The molecule has 0 aliphatic heterocycles. The minimum Gasteiger partial charge on any atom is -0.507 e. The van der Waals surface area contributed by atoms with Gasteiger partial charge in [-0.25, -0.2) is 0 Å². The molecule has 1 aromatic rings. The molecule has 2 rings (SSSR count). The number of ketones is 1. The highest BCUT2D eigenvalue weighted by atomic mass is 19.3. The summed E-state index contributed by atoms with van der Waals surface area (Å²) in [7, 11) is 0. The minimum atomic E-state index is -3.39. The first-order chi connectivity index (χ1) is 5.55. The molecule has 0 unspecified atom stereocenters. The third kappa shape index (κ3) is 0.598. The van der Waals surface area contributed by atoms with Crippen molar-refractivity contribution in [3.8, 4) is 5.75 Å². The summed E-state index contributed by atoms with van der Waals surface area (Å²) in [5.74, 6) is -5.06. The molecule has 2 nitrogen and oxygen atoms in total. The Morgan fingerprint density at radius 2 is 2.00 bits per heavy atom. The Labute approximate surface area is 66.4 Å². The van der Waals surface area contributed by atoms with E-state index in [-0.39, 0.29) is 16.9 Å². The second-order valence-corrected chi connectivity index (χ2v) is 2.60. The standard InChI is InChI=1S/C8H4F2O2/c9-8(10)4-2-1-3-5(11)6(4)7(8)12/h1-3,11H. The number of phenols is 1. The van der Waals surface area contributed by atoms with Crippen LogP contribution >= 0.6 is 0 Å². The lowest BCUT2D eigenvalue weighted by Crippen LogP contribution is -2.38. The van der Waals surface area contributed by atoms with Gasteiger partial charge in [0.2, 0.25) is 5.78 Å². The number of carbonyl (C=O) groups is 1. The highest BCUT2D eigenvalue weighted by Crippen LogP contribution is 2.46. The number of hydrogen-bond acceptors (Lipinski definition) is 2. The lowest BCUT2D eigenvalue weighted by molar-refractivity contribution is -0.00707. The van der Waals surface area contributed by atoms with Crippen LogP contribution in [-0.2, 0) is 5.92 Å². The number of benzene rings is 1. The molecule has 0 spiro atoms. The third-order valence-corrected chi connectivity index (χ3v) is 1.89. The van der Waals surface area contributed by atoms with E-state index in [0.717, 1.165) is 6.07 Å². The molecule has 1 aliphatic carbocycles. The first-order valence-electron chi connectivity index (χ1n) is 3.30. The summed E-state index contributed by atoms with van der Waals surface area (Å²) < 4.78 is 25.3. The molecule has 0 bridgehead atoms. The Hall–Kier alpha value is -1.45. The zero-order valence-corrected chi connectivity index (χ0v) is 5.84. The molecule has 0 atom stereocenters. The van der Waals surface area contributed by atoms with Gasteiger partial charge >= 0.3 is 5.92 Å². The van der Waals surface area contributed by atoms with Crippen LogP contribution in [0.15, 0.2) is 18.2 Å². The smallest absolute Gasteiger partial charge is 0.335 e. The van der Waals surface area contributed by atoms with Crippen LogP contribution < -0.4 is 0 Å². The molecule has 0 heterocycles. The SMILES string of the molecule is O=C1c2c(O)cccc2C1(F)F. The first-order valence-corrected chi connectivity index (χ1v) is 3.30. The summed E-state index contributed by atoms with van der Waals surface area (Å²) in [6.07, 6.45) is 0. The van der Waals surface area contributed by atoms with Crippen molar-refractivity contribution >= 4 is 5.78 Å². The van der Waals surface area contributed by atoms with Crippen LogP contribution in [0.4, 0.5) is 8.78 Å². The van der Waals surface area contributed by atoms with Gasteiger partial charge in [-0.3, -0.25) is 4.79 Å². The van der Waals surface area contributed by atoms with Gasteiger partial charge in [0.05, 0.1) is 5.56 Å². The number of hydrogen-bond donors (Lipinski definition) is 1. The van der Waals surface area contributed by atoms with Crippen LogP contribution in [0.2, 0.25) is 0 Å². The van der Waals surface area contributed by atoms with Gasteiger partial charge in [-0.15, -0.1) is 0 Å². The van der Waals surface area contributed by atoms with E-state index >= 15 is 0 Å². The van der Waals surface area contributed by atoms with E-state index in [0.29, 0.717) is 0 Å². The molecule has 1 aliphatic rings. The molecule has 0 fully saturated rings. The van der Waals surface area contributed by atoms with E-state index in [4.69, 9.17) is 5.11 Å². The van der Waals surface area contributed by atoms with Gasteiger partial charge in [-0.2, -0.15) is 8.78 Å². The van der Waals surface area contributed by atoms with E-state index in [1.807, 2.05) is 0 Å². The van der Waals surface area contributed by atoms with E-state index < -0.39 is 11.7 Å². The predicted molar refractivity (Wildman–Crippen MR) is 36.3 cm³/mol. The fourth-order valence-electron chi connectivity index (χ4n) is 1.26. The van der Waals surface area contributed by atoms with Gasteiger partial charge in [0.15, 0.2) is 0 Å². The number of phenolic OH excluding ortho intramolecular Hbond substituents is 1. The lowest BCUT2D eigenvalue weighted by atomic mass is 9.82. The molecule has 1 N–H and O–H groups in total. The quantitative estimate of drug-likeness (QED) is 0.643. The number of carbonyl (C=O) groups excluding carboxylic acids is 1. The molecule has 12 heavy (non-hydrogen) atoms. The summed E-state index contributed by atoms with van der Waals surface area (Å²) in [4.78, 5) is 10.7. The Balaban J connectivity index is 2.70. The van der Waals surface area contributed by atoms with Crippen molar-refractivity contribution in [1.82, 2.24) is 0 Å². The highest BCUT2D eigenvalue weighted by molar-refractivity contribution is 6.13. The summed E-state index contributed by atoms with van der Waals surface area (Å²) >= 11 is 0. The molecular formula is C8H4F2O2. The monoisotopic (exact) mass is 170 g/mol. The van der Waals surface area contributed by atoms with E-state index in [1.54, 1.807) is 0 Å². The zero-order valence-electron chi connectivity index (χ0n) is 5.84. The molecule has 0 amide bonds. The van der Waals surface area contributed by atoms with E-state index in [2.05, 4.69) is 0 Å². The van der Waals surface area contributed by atoms with Gasteiger partial charge < -0.3 is 5.11 Å². The molecule has 4 heteroatoms. The van der Waals surface area contributed by atoms with Crippen LogP contribution in [0.3, 0.4) is 0 Å². The first kappa shape index (κ1) is 7.21. The number of alkyl halides is 2. The van der Waals surface area contributed by atoms with Gasteiger partial charge in [-0.1, -0.05) is 12.1 Å². The second-order valence-electron chi connectivity index (χ2n) is 2.60. The van der Waals surface area contributed by atoms with Gasteiger partial charge in [0.1, 0.15) is 5.75 Å². The van der Waals surface area contributed by atoms with Crippen molar-refractivity contribution in [1.29, 1.82) is 0 Å². The number of aromatic hydroxyl groups is 1. The van der Waals surface area contributed by atoms with Crippen molar-refractivity contribution < 1.29 is 18.7 Å². The average molecular weight is 170 g/mol. The van der Waals surface area contributed by atoms with Gasteiger partial charge in [-0.05, 0) is 6.07 Å². The fourth-order valence-corrected chi connectivity index (χ4v) is 1.26. The number of halogens is 2. The number of fused-ring (bicyclic) bond motifs is 1. The van der Waals surface area contributed by atoms with Crippen molar-refractivity contribution in [3.63, 3.8) is 0 Å². The number of rotatable bonds is 0. The van der Waals surface area contributed by atoms with Crippen LogP contribution in [-0.4, -0.2) is 10.9 Å². The Morgan fingerprint density at radius 3 is 2.58 bits per heavy atom. The van der Waals surface area contributed by atoms with Crippen molar-refractivity contribution in [3.05, 3.63) is 29.3 Å². The molecular weight excluding hydrogens is 166 g/mol. The summed E-state index contributed by atoms with van der Waals surface area (Å²) in [6, 6.07) is 3.64. The number of Topliss-reactive ketones (excluding diaryl/α,β-unsaturated/α-hetero) is 1. The van der Waals surface area contributed by atoms with Gasteiger partial charge in [0, 0.05) is 5.56 Å². The Morgan fingerprint density at radius 1 is 1.33 bits per heavy atom. The lowest BCUT2D eigenvalue weighted by Gasteiger charge is -2.27. The normalized spacial score (nSPS) is 18.3. The summed E-state index contributed by atoms with van der Waals surface area (Å²) in [5.41, 5.74) is -0.630. The fraction of sp³-hybridized carbons (Fsp3) is 0.125. The highest BCUT2D eigenvalue weighted by Gasteiger charge is 2.55. The zero-order chi connectivity index (χ0) is 8.93. The molecule has 0 saturated carbocycles. The van der Waals surface area contributed by atoms with E-state index in [9.17, 15) is 13.6 Å². The van der Waals surface area contributed by atoms with Crippen molar-refractivity contribution in [2.45, 2.75) is 5.92 Å². The Kier molecular flexibility index (Phi) is 1.10. The Bertz CT molecular complexity index is 371. The molecule has 0 aromatic heterocycles. The minimum absolute atomic E-state index is 0.248. The van der Waals surface area contributed by atoms with Crippen LogP contribution in [0.1, 0.15) is 15.9 Å². The maximum absolute atomic E-state index is 12.6. The van der Waals surface area contributed by atoms with Crippen LogP contribution in [0, 0.1) is 0 Å². The second kappa shape index (κ2) is 1.83. The van der Waals surface area contributed by atoms with Crippen LogP contribution in [0.5, 0.6) is 5.75 Å². The van der Waals surface area contributed by atoms with Crippen molar-refractivity contribution in [2.75, 3.05) is 0 Å². The summed E-state index contributed by atoms with van der Waals surface area (Å²) in [5, 5.41) is 9.00. The molecule has 62 valence electrons.